The molecule has 0 bridgehead atoms. The lowest BCUT2D eigenvalue weighted by molar-refractivity contribution is -0.117. The van der Waals surface area contributed by atoms with Crippen molar-refractivity contribution < 1.29 is 4.79 Å². The average molecular weight is 193 g/mol. The van der Waals surface area contributed by atoms with E-state index in [4.69, 9.17) is 5.73 Å². The standard InChI is InChI=1S/C7H15NOS.2CH4/c1-3-6(2)10-5-4-7(8)9;;/h6H,3-5H2,1-2H3,(H2,8,9);2*1H4. The lowest BCUT2D eigenvalue weighted by Gasteiger charge is -2.05. The van der Waals surface area contributed by atoms with Crippen LogP contribution in [-0.4, -0.2) is 16.9 Å². The van der Waals surface area contributed by atoms with Crippen LogP contribution < -0.4 is 5.73 Å². The Balaban J connectivity index is -0.000000405. The second-order valence-corrected chi connectivity index (χ2v) is 3.85. The highest BCUT2D eigenvalue weighted by Crippen LogP contribution is 2.13. The van der Waals surface area contributed by atoms with Gasteiger partial charge in [-0.15, -0.1) is 0 Å². The lowest BCUT2D eigenvalue weighted by Crippen LogP contribution is -2.11. The highest BCUT2D eigenvalue weighted by Gasteiger charge is 1.99. The molecule has 0 spiro atoms. The Labute approximate surface area is 81.3 Å². The molecule has 0 radical (unpaired) electrons. The molecule has 1 unspecified atom stereocenters. The van der Waals surface area contributed by atoms with E-state index >= 15 is 0 Å². The first-order chi connectivity index (χ1) is 4.66. The molecule has 3 heteroatoms. The SMILES string of the molecule is C.C.CCC(C)SCCC(N)=O. The molecule has 2 N–H and O–H groups in total. The Morgan fingerprint density at radius 3 is 2.33 bits per heavy atom. The first kappa shape index (κ1) is 17.8. The summed E-state index contributed by atoms with van der Waals surface area (Å²) in [6.45, 7) is 4.30. The van der Waals surface area contributed by atoms with Gasteiger partial charge in [0.05, 0.1) is 0 Å². The van der Waals surface area contributed by atoms with Crippen LogP contribution in [0.5, 0.6) is 0 Å². The van der Waals surface area contributed by atoms with Crippen molar-refractivity contribution in [3.63, 3.8) is 0 Å². The minimum Gasteiger partial charge on any atom is -0.370 e. The van der Waals surface area contributed by atoms with Crippen LogP contribution in [-0.2, 0) is 4.79 Å². The van der Waals surface area contributed by atoms with Crippen molar-refractivity contribution in [2.45, 2.75) is 46.8 Å². The Morgan fingerprint density at radius 2 is 2.00 bits per heavy atom. The van der Waals surface area contributed by atoms with Gasteiger partial charge in [-0.1, -0.05) is 28.7 Å². The van der Waals surface area contributed by atoms with Gasteiger partial charge >= 0.3 is 0 Å². The lowest BCUT2D eigenvalue weighted by atomic mass is 10.4. The van der Waals surface area contributed by atoms with E-state index in [1.807, 2.05) is 0 Å². The molecule has 0 aromatic heterocycles. The summed E-state index contributed by atoms with van der Waals surface area (Å²) < 4.78 is 0. The zero-order valence-corrected chi connectivity index (χ0v) is 7.41. The van der Waals surface area contributed by atoms with Crippen LogP contribution >= 0.6 is 11.8 Å². The maximum Gasteiger partial charge on any atom is 0.218 e. The van der Waals surface area contributed by atoms with Crippen molar-refractivity contribution in [3.05, 3.63) is 0 Å². The van der Waals surface area contributed by atoms with E-state index in [0.717, 1.165) is 12.2 Å². The van der Waals surface area contributed by atoms with Crippen LogP contribution in [0.3, 0.4) is 0 Å². The smallest absolute Gasteiger partial charge is 0.218 e. The molecule has 0 rings (SSSR count). The predicted molar refractivity (Wildman–Crippen MR) is 59.5 cm³/mol. The fourth-order valence-corrected chi connectivity index (χ4v) is 1.44. The molecule has 1 atom stereocenters. The monoisotopic (exact) mass is 193 g/mol. The number of nitrogens with two attached hydrogens (primary N) is 1. The minimum absolute atomic E-state index is 0. The van der Waals surface area contributed by atoms with Crippen LogP contribution in [0, 0.1) is 0 Å². The molecule has 2 nitrogen and oxygen atoms in total. The third-order valence-electron chi connectivity index (χ3n) is 1.33. The molecule has 76 valence electrons. The number of thioether (sulfide) groups is 1. The van der Waals surface area contributed by atoms with Crippen molar-refractivity contribution in [1.29, 1.82) is 0 Å². The Bertz CT molecular complexity index is 107. The third-order valence-corrected chi connectivity index (χ3v) is 2.67. The summed E-state index contributed by atoms with van der Waals surface area (Å²) in [6.07, 6.45) is 1.67. The van der Waals surface area contributed by atoms with Crippen molar-refractivity contribution in [3.8, 4) is 0 Å². The van der Waals surface area contributed by atoms with Gasteiger partial charge in [0.1, 0.15) is 0 Å². The van der Waals surface area contributed by atoms with E-state index in [0.29, 0.717) is 11.7 Å². The molecule has 0 aromatic rings. The maximum absolute atomic E-state index is 10.3. The van der Waals surface area contributed by atoms with Crippen LogP contribution in [0.25, 0.3) is 0 Å². The molecule has 0 heterocycles. The molecular weight excluding hydrogens is 170 g/mol. The first-order valence-electron chi connectivity index (χ1n) is 3.56. The van der Waals surface area contributed by atoms with Gasteiger partial charge in [-0.25, -0.2) is 0 Å². The summed E-state index contributed by atoms with van der Waals surface area (Å²) in [6, 6.07) is 0. The van der Waals surface area contributed by atoms with Gasteiger partial charge < -0.3 is 5.73 Å². The van der Waals surface area contributed by atoms with Gasteiger partial charge in [-0.2, -0.15) is 11.8 Å². The molecule has 0 aromatic carbocycles. The number of carbonyl (C=O) groups excluding carboxylic acids is 1. The molecule has 0 fully saturated rings. The summed E-state index contributed by atoms with van der Waals surface area (Å²) in [5, 5.41) is 0.652. The molecule has 0 aliphatic heterocycles. The zero-order chi connectivity index (χ0) is 7.98. The van der Waals surface area contributed by atoms with Crippen molar-refractivity contribution in [2.24, 2.45) is 5.73 Å². The van der Waals surface area contributed by atoms with Gasteiger partial charge in [0, 0.05) is 17.4 Å². The normalized spacial score (nSPS) is 10.8. The fraction of sp³-hybridized carbons (Fsp3) is 0.889. The molecule has 12 heavy (non-hydrogen) atoms. The molecule has 0 aliphatic rings. The second-order valence-electron chi connectivity index (χ2n) is 2.31. The van der Waals surface area contributed by atoms with Crippen LogP contribution in [0.15, 0.2) is 0 Å². The van der Waals surface area contributed by atoms with Crippen molar-refractivity contribution in [2.75, 3.05) is 5.75 Å². The minimum atomic E-state index is -0.198. The largest absolute Gasteiger partial charge is 0.370 e. The van der Waals surface area contributed by atoms with E-state index in [-0.39, 0.29) is 20.8 Å². The molecule has 0 saturated heterocycles. The quantitative estimate of drug-likeness (QED) is 0.729. The first-order valence-corrected chi connectivity index (χ1v) is 4.61. The van der Waals surface area contributed by atoms with E-state index in [1.165, 1.54) is 0 Å². The van der Waals surface area contributed by atoms with Gasteiger partial charge in [0.15, 0.2) is 0 Å². The molecule has 0 saturated carbocycles. The molecule has 1 amide bonds. The van der Waals surface area contributed by atoms with Crippen molar-refractivity contribution in [1.82, 2.24) is 0 Å². The van der Waals surface area contributed by atoms with E-state index in [1.54, 1.807) is 11.8 Å². The number of primary amides is 1. The summed E-state index contributed by atoms with van der Waals surface area (Å²) in [5.41, 5.74) is 4.97. The summed E-state index contributed by atoms with van der Waals surface area (Å²) >= 11 is 1.80. The number of carbonyl (C=O) groups is 1. The third kappa shape index (κ3) is 12.5. The Kier molecular flexibility index (Phi) is 16.0. The zero-order valence-electron chi connectivity index (χ0n) is 6.59. The second kappa shape index (κ2) is 10.8. The Morgan fingerprint density at radius 1 is 1.50 bits per heavy atom. The highest BCUT2D eigenvalue weighted by molar-refractivity contribution is 7.99. The summed E-state index contributed by atoms with van der Waals surface area (Å²) in [4.78, 5) is 10.3. The van der Waals surface area contributed by atoms with Gasteiger partial charge in [0.2, 0.25) is 5.91 Å². The van der Waals surface area contributed by atoms with Gasteiger partial charge in [-0.3, -0.25) is 4.79 Å². The van der Waals surface area contributed by atoms with Crippen LogP contribution in [0.1, 0.15) is 41.5 Å². The summed E-state index contributed by atoms with van der Waals surface area (Å²) in [5.74, 6) is 0.667. The fourth-order valence-electron chi connectivity index (χ4n) is 0.479. The Hall–Kier alpha value is -0.180. The highest BCUT2D eigenvalue weighted by atomic mass is 32.2. The predicted octanol–water partition coefficient (Wildman–Crippen LogP) is 2.67. The van der Waals surface area contributed by atoms with Crippen molar-refractivity contribution >= 4 is 17.7 Å². The van der Waals surface area contributed by atoms with E-state index in [9.17, 15) is 4.79 Å². The number of amides is 1. The van der Waals surface area contributed by atoms with Crippen LogP contribution in [0.2, 0.25) is 0 Å². The topological polar surface area (TPSA) is 43.1 Å². The van der Waals surface area contributed by atoms with Crippen LogP contribution in [0.4, 0.5) is 0 Å². The number of rotatable bonds is 5. The van der Waals surface area contributed by atoms with Gasteiger partial charge in [-0.05, 0) is 6.42 Å². The number of hydrogen-bond acceptors (Lipinski definition) is 2. The van der Waals surface area contributed by atoms with E-state index in [2.05, 4.69) is 13.8 Å². The molecule has 0 aliphatic carbocycles. The average Bonchev–Trinajstić information content (AvgIpc) is 1.87. The number of hydrogen-bond donors (Lipinski definition) is 1. The molecular formula is C9H23NOS. The summed E-state index contributed by atoms with van der Waals surface area (Å²) in [7, 11) is 0. The van der Waals surface area contributed by atoms with E-state index < -0.39 is 0 Å². The van der Waals surface area contributed by atoms with Gasteiger partial charge in [0.25, 0.3) is 0 Å². The maximum atomic E-state index is 10.3.